The van der Waals surface area contributed by atoms with Gasteiger partial charge in [-0.1, -0.05) is 12.1 Å². The van der Waals surface area contributed by atoms with Crippen LogP contribution in [0.4, 0.5) is 0 Å². The summed E-state index contributed by atoms with van der Waals surface area (Å²) < 4.78 is 19.1. The van der Waals surface area contributed by atoms with Crippen molar-refractivity contribution in [1.29, 1.82) is 0 Å². The van der Waals surface area contributed by atoms with E-state index in [1.165, 1.54) is 0 Å². The molecule has 0 spiro atoms. The molecule has 1 N–H and O–H groups in total. The van der Waals surface area contributed by atoms with Gasteiger partial charge in [0, 0.05) is 31.9 Å². The molecule has 29 heavy (non-hydrogen) atoms. The van der Waals surface area contributed by atoms with E-state index in [0.29, 0.717) is 13.2 Å². The first-order valence-corrected chi connectivity index (χ1v) is 10.0. The average molecular weight is 402 g/mol. The van der Waals surface area contributed by atoms with Crippen LogP contribution in [0, 0.1) is 0 Å². The predicted molar refractivity (Wildman–Crippen MR) is 113 cm³/mol. The van der Waals surface area contributed by atoms with Crippen LogP contribution < -0.4 is 14.8 Å². The van der Waals surface area contributed by atoms with Crippen LogP contribution in [0.15, 0.2) is 41.7 Å². The molecular formula is C21H31N5O3. The first kappa shape index (κ1) is 21.0. The topological polar surface area (TPSA) is 73.1 Å². The van der Waals surface area contributed by atoms with Crippen LogP contribution in [0.2, 0.25) is 0 Å². The van der Waals surface area contributed by atoms with Crippen LogP contribution in [0.5, 0.6) is 11.5 Å². The molecule has 2 atom stereocenters. The Balaban J connectivity index is 1.64. The van der Waals surface area contributed by atoms with Crippen LogP contribution in [-0.2, 0) is 11.8 Å². The lowest BCUT2D eigenvalue weighted by Crippen LogP contribution is -2.48. The Labute approximate surface area is 172 Å². The number of hydrogen-bond acceptors (Lipinski definition) is 5. The Morgan fingerprint density at radius 3 is 2.86 bits per heavy atom. The number of aliphatic imine (C=N–C) groups is 1. The van der Waals surface area contributed by atoms with Crippen molar-refractivity contribution in [3.8, 4) is 11.5 Å². The standard InChI is InChI=1S/C21H31N5O3/c1-5-22-21(23-12-16(2)29-19-9-7-6-8-18(19)27-4)26-10-11-28-20(15-26)17-13-24-25(3)14-17/h6-9,13-14,16,20H,5,10-12,15H2,1-4H3,(H,22,23). The number of nitrogens with zero attached hydrogens (tertiary/aromatic N) is 4. The van der Waals surface area contributed by atoms with E-state index in [9.17, 15) is 0 Å². The normalized spacial score (nSPS) is 18.4. The molecule has 0 aliphatic carbocycles. The average Bonchev–Trinajstić information content (AvgIpc) is 3.18. The van der Waals surface area contributed by atoms with E-state index in [2.05, 4.69) is 22.2 Å². The number of aryl methyl sites for hydroxylation is 1. The van der Waals surface area contributed by atoms with Crippen molar-refractivity contribution >= 4 is 5.96 Å². The molecule has 2 unspecified atom stereocenters. The van der Waals surface area contributed by atoms with Crippen LogP contribution in [0.25, 0.3) is 0 Å². The highest BCUT2D eigenvalue weighted by Gasteiger charge is 2.25. The lowest BCUT2D eigenvalue weighted by molar-refractivity contribution is -0.00808. The lowest BCUT2D eigenvalue weighted by Gasteiger charge is -2.35. The van der Waals surface area contributed by atoms with Gasteiger partial charge < -0.3 is 24.4 Å². The van der Waals surface area contributed by atoms with Gasteiger partial charge in [0.05, 0.1) is 33.0 Å². The second-order valence-electron chi connectivity index (χ2n) is 7.03. The van der Waals surface area contributed by atoms with E-state index in [-0.39, 0.29) is 12.2 Å². The molecule has 8 heteroatoms. The number of aromatic nitrogens is 2. The molecule has 2 aromatic rings. The number of nitrogens with one attached hydrogen (secondary N) is 1. The largest absolute Gasteiger partial charge is 0.493 e. The first-order chi connectivity index (χ1) is 14.1. The van der Waals surface area contributed by atoms with E-state index >= 15 is 0 Å². The third kappa shape index (κ3) is 5.63. The number of guanidine groups is 1. The van der Waals surface area contributed by atoms with Crippen molar-refractivity contribution in [1.82, 2.24) is 20.0 Å². The fourth-order valence-corrected chi connectivity index (χ4v) is 3.26. The van der Waals surface area contributed by atoms with Crippen LogP contribution >= 0.6 is 0 Å². The second kappa shape index (κ2) is 10.2. The summed E-state index contributed by atoms with van der Waals surface area (Å²) in [5, 5.41) is 7.65. The third-order valence-corrected chi connectivity index (χ3v) is 4.69. The summed E-state index contributed by atoms with van der Waals surface area (Å²) in [6, 6.07) is 7.66. The summed E-state index contributed by atoms with van der Waals surface area (Å²) in [6.45, 7) is 7.60. The lowest BCUT2D eigenvalue weighted by atomic mass is 10.1. The Morgan fingerprint density at radius 2 is 2.17 bits per heavy atom. The van der Waals surface area contributed by atoms with Gasteiger partial charge in [-0.2, -0.15) is 5.10 Å². The van der Waals surface area contributed by atoms with E-state index in [0.717, 1.165) is 42.7 Å². The minimum atomic E-state index is -0.0879. The molecule has 0 amide bonds. The third-order valence-electron chi connectivity index (χ3n) is 4.69. The van der Waals surface area contributed by atoms with Crippen molar-refractivity contribution in [3.05, 3.63) is 42.2 Å². The van der Waals surface area contributed by atoms with E-state index < -0.39 is 0 Å². The number of benzene rings is 1. The number of ether oxygens (including phenoxy) is 3. The van der Waals surface area contributed by atoms with Gasteiger partial charge >= 0.3 is 0 Å². The van der Waals surface area contributed by atoms with Gasteiger partial charge in [0.25, 0.3) is 0 Å². The molecule has 3 rings (SSSR count). The summed E-state index contributed by atoms with van der Waals surface area (Å²) >= 11 is 0. The Bertz CT molecular complexity index is 807. The van der Waals surface area contributed by atoms with Gasteiger partial charge in [-0.3, -0.25) is 4.68 Å². The predicted octanol–water partition coefficient (Wildman–Crippen LogP) is 2.23. The fourth-order valence-electron chi connectivity index (χ4n) is 3.26. The second-order valence-corrected chi connectivity index (χ2v) is 7.03. The quantitative estimate of drug-likeness (QED) is 0.567. The zero-order valence-electron chi connectivity index (χ0n) is 17.7. The van der Waals surface area contributed by atoms with Crippen molar-refractivity contribution in [3.63, 3.8) is 0 Å². The molecule has 8 nitrogen and oxygen atoms in total. The summed E-state index contributed by atoms with van der Waals surface area (Å²) in [7, 11) is 3.56. The molecule has 0 bridgehead atoms. The molecule has 0 saturated carbocycles. The number of morpholine rings is 1. The highest BCUT2D eigenvalue weighted by Crippen LogP contribution is 2.27. The fraction of sp³-hybridized carbons (Fsp3) is 0.524. The summed E-state index contributed by atoms with van der Waals surface area (Å²) in [4.78, 5) is 7.05. The smallest absolute Gasteiger partial charge is 0.194 e. The molecule has 0 radical (unpaired) electrons. The Morgan fingerprint density at radius 1 is 1.38 bits per heavy atom. The summed E-state index contributed by atoms with van der Waals surface area (Å²) in [5.41, 5.74) is 1.08. The van der Waals surface area contributed by atoms with Crippen molar-refractivity contribution in [2.75, 3.05) is 39.9 Å². The molecule has 2 heterocycles. The summed E-state index contributed by atoms with van der Waals surface area (Å²) in [5.74, 6) is 2.33. The Hall–Kier alpha value is -2.74. The van der Waals surface area contributed by atoms with Gasteiger partial charge in [-0.05, 0) is 26.0 Å². The van der Waals surface area contributed by atoms with Crippen molar-refractivity contribution in [2.45, 2.75) is 26.1 Å². The SMILES string of the molecule is CCNC(=NCC(C)Oc1ccccc1OC)N1CCOC(c2cnn(C)c2)C1. The molecule has 1 aliphatic heterocycles. The molecule has 1 aromatic carbocycles. The van der Waals surface area contributed by atoms with Crippen LogP contribution in [-0.4, -0.2) is 66.6 Å². The summed E-state index contributed by atoms with van der Waals surface area (Å²) in [6.07, 6.45) is 3.77. The highest BCUT2D eigenvalue weighted by molar-refractivity contribution is 5.80. The maximum atomic E-state index is 6.03. The number of para-hydroxylation sites is 2. The molecule has 158 valence electrons. The van der Waals surface area contributed by atoms with Crippen molar-refractivity contribution in [2.24, 2.45) is 12.0 Å². The number of methoxy groups -OCH3 is 1. The van der Waals surface area contributed by atoms with Crippen LogP contribution in [0.1, 0.15) is 25.5 Å². The highest BCUT2D eigenvalue weighted by atomic mass is 16.5. The van der Waals surface area contributed by atoms with Gasteiger partial charge in [0.15, 0.2) is 17.5 Å². The number of rotatable bonds is 7. The molecule has 1 fully saturated rings. The number of hydrogen-bond donors (Lipinski definition) is 1. The van der Waals surface area contributed by atoms with E-state index in [4.69, 9.17) is 19.2 Å². The zero-order chi connectivity index (χ0) is 20.6. The zero-order valence-corrected chi connectivity index (χ0v) is 17.7. The van der Waals surface area contributed by atoms with Gasteiger partial charge in [-0.25, -0.2) is 4.99 Å². The molecule has 1 saturated heterocycles. The van der Waals surface area contributed by atoms with E-state index in [1.54, 1.807) is 11.8 Å². The maximum absolute atomic E-state index is 6.03. The molecular weight excluding hydrogens is 370 g/mol. The Kier molecular flexibility index (Phi) is 7.35. The van der Waals surface area contributed by atoms with E-state index in [1.807, 2.05) is 50.6 Å². The minimum Gasteiger partial charge on any atom is -0.493 e. The monoisotopic (exact) mass is 401 g/mol. The first-order valence-electron chi connectivity index (χ1n) is 10.0. The van der Waals surface area contributed by atoms with Gasteiger partial charge in [0.1, 0.15) is 12.2 Å². The minimum absolute atomic E-state index is 0.0106. The maximum Gasteiger partial charge on any atom is 0.194 e. The van der Waals surface area contributed by atoms with Gasteiger partial charge in [-0.15, -0.1) is 0 Å². The molecule has 1 aliphatic rings. The molecule has 1 aromatic heterocycles. The van der Waals surface area contributed by atoms with Gasteiger partial charge in [0.2, 0.25) is 0 Å². The van der Waals surface area contributed by atoms with Crippen LogP contribution in [0.3, 0.4) is 0 Å². The van der Waals surface area contributed by atoms with Crippen molar-refractivity contribution < 1.29 is 14.2 Å².